The third kappa shape index (κ3) is 4.91. The Labute approximate surface area is 188 Å². The summed E-state index contributed by atoms with van der Waals surface area (Å²) in [5.74, 6) is 0.662. The molecule has 0 bridgehead atoms. The summed E-state index contributed by atoms with van der Waals surface area (Å²) < 4.78 is 5.16. The maximum Gasteiger partial charge on any atom is 0.255 e. The molecule has 32 heavy (non-hydrogen) atoms. The molecule has 0 radical (unpaired) electrons. The fourth-order valence-corrected chi connectivity index (χ4v) is 3.75. The van der Waals surface area contributed by atoms with E-state index < -0.39 is 0 Å². The van der Waals surface area contributed by atoms with Gasteiger partial charge in [0.1, 0.15) is 5.75 Å². The molecular formula is C26H27N3O3. The molecule has 0 aliphatic carbocycles. The minimum atomic E-state index is -0.122. The average molecular weight is 430 g/mol. The van der Waals surface area contributed by atoms with Gasteiger partial charge < -0.3 is 19.9 Å². The molecule has 1 saturated heterocycles. The van der Waals surface area contributed by atoms with Crippen LogP contribution in [-0.2, 0) is 0 Å². The van der Waals surface area contributed by atoms with E-state index >= 15 is 0 Å². The number of benzene rings is 3. The van der Waals surface area contributed by atoms with Gasteiger partial charge in [0.25, 0.3) is 11.8 Å². The molecule has 1 heterocycles. The fraction of sp³-hybridized carbons (Fsp3) is 0.231. The predicted octanol–water partition coefficient (Wildman–Crippen LogP) is 4.22. The van der Waals surface area contributed by atoms with E-state index in [2.05, 4.69) is 10.2 Å². The number of ether oxygens (including phenoxy) is 1. The van der Waals surface area contributed by atoms with Crippen LogP contribution in [0.25, 0.3) is 0 Å². The van der Waals surface area contributed by atoms with E-state index in [9.17, 15) is 9.59 Å². The summed E-state index contributed by atoms with van der Waals surface area (Å²) in [7, 11) is 1.61. The van der Waals surface area contributed by atoms with Crippen LogP contribution in [0.1, 0.15) is 26.3 Å². The number of carbonyl (C=O) groups excluding carboxylic acids is 2. The summed E-state index contributed by atoms with van der Waals surface area (Å²) in [6.45, 7) is 4.84. The molecule has 2 amide bonds. The first-order valence-corrected chi connectivity index (χ1v) is 10.7. The molecule has 0 aromatic heterocycles. The van der Waals surface area contributed by atoms with Gasteiger partial charge in [0.2, 0.25) is 0 Å². The highest BCUT2D eigenvalue weighted by Gasteiger charge is 2.22. The molecule has 1 fully saturated rings. The second-order valence-corrected chi connectivity index (χ2v) is 7.87. The van der Waals surface area contributed by atoms with Crippen LogP contribution in [0.15, 0.2) is 72.8 Å². The number of methoxy groups -OCH3 is 1. The van der Waals surface area contributed by atoms with Crippen molar-refractivity contribution in [2.24, 2.45) is 0 Å². The smallest absolute Gasteiger partial charge is 0.255 e. The lowest BCUT2D eigenvalue weighted by atomic mass is 10.1. The Morgan fingerprint density at radius 1 is 0.781 bits per heavy atom. The topological polar surface area (TPSA) is 61.9 Å². The average Bonchev–Trinajstić information content (AvgIpc) is 2.84. The predicted molar refractivity (Wildman–Crippen MR) is 127 cm³/mol. The monoisotopic (exact) mass is 429 g/mol. The maximum atomic E-state index is 12.8. The summed E-state index contributed by atoms with van der Waals surface area (Å²) in [6.07, 6.45) is 0. The zero-order valence-corrected chi connectivity index (χ0v) is 18.4. The van der Waals surface area contributed by atoms with Crippen molar-refractivity contribution in [1.82, 2.24) is 4.90 Å². The number of carbonyl (C=O) groups is 2. The van der Waals surface area contributed by atoms with Crippen LogP contribution in [0.5, 0.6) is 5.75 Å². The van der Waals surface area contributed by atoms with Crippen molar-refractivity contribution in [3.05, 3.63) is 89.5 Å². The van der Waals surface area contributed by atoms with Crippen LogP contribution in [0.2, 0.25) is 0 Å². The Morgan fingerprint density at radius 2 is 1.38 bits per heavy atom. The zero-order chi connectivity index (χ0) is 22.5. The summed E-state index contributed by atoms with van der Waals surface area (Å²) in [6, 6.07) is 22.6. The Balaban J connectivity index is 1.32. The largest absolute Gasteiger partial charge is 0.497 e. The lowest BCUT2D eigenvalue weighted by Crippen LogP contribution is -2.48. The minimum absolute atomic E-state index is 0.0430. The van der Waals surface area contributed by atoms with Gasteiger partial charge in [-0.3, -0.25) is 9.59 Å². The highest BCUT2D eigenvalue weighted by molar-refractivity contribution is 6.04. The highest BCUT2D eigenvalue weighted by Crippen LogP contribution is 2.21. The van der Waals surface area contributed by atoms with Crippen molar-refractivity contribution in [2.75, 3.05) is 43.5 Å². The van der Waals surface area contributed by atoms with Gasteiger partial charge in [-0.2, -0.15) is 0 Å². The molecular weight excluding hydrogens is 402 g/mol. The van der Waals surface area contributed by atoms with Crippen molar-refractivity contribution < 1.29 is 14.3 Å². The normalized spacial score (nSPS) is 13.6. The first-order chi connectivity index (χ1) is 15.5. The van der Waals surface area contributed by atoms with Crippen LogP contribution in [0.4, 0.5) is 11.4 Å². The van der Waals surface area contributed by atoms with Crippen LogP contribution in [-0.4, -0.2) is 50.0 Å². The number of rotatable bonds is 5. The SMILES string of the molecule is COc1ccc(C(=O)N2CCN(c3ccc(NC(=O)c4ccc(C)cc4)cc3)CC2)cc1. The molecule has 4 rings (SSSR count). The molecule has 3 aromatic rings. The van der Waals surface area contributed by atoms with E-state index in [0.29, 0.717) is 24.2 Å². The van der Waals surface area contributed by atoms with Crippen molar-refractivity contribution in [3.63, 3.8) is 0 Å². The first-order valence-electron chi connectivity index (χ1n) is 10.7. The second kappa shape index (κ2) is 9.56. The van der Waals surface area contributed by atoms with Gasteiger partial charge >= 0.3 is 0 Å². The van der Waals surface area contributed by atoms with Gasteiger partial charge in [-0.25, -0.2) is 0 Å². The third-order valence-electron chi connectivity index (χ3n) is 5.71. The van der Waals surface area contributed by atoms with E-state index in [0.717, 1.165) is 35.8 Å². The van der Waals surface area contributed by atoms with Crippen molar-refractivity contribution >= 4 is 23.2 Å². The number of anilines is 2. The molecule has 6 nitrogen and oxygen atoms in total. The third-order valence-corrected chi connectivity index (χ3v) is 5.71. The molecule has 1 N–H and O–H groups in total. The second-order valence-electron chi connectivity index (χ2n) is 7.87. The molecule has 0 unspecified atom stereocenters. The first kappa shape index (κ1) is 21.4. The van der Waals surface area contributed by atoms with E-state index in [1.54, 1.807) is 19.2 Å². The van der Waals surface area contributed by atoms with E-state index in [-0.39, 0.29) is 11.8 Å². The number of nitrogens with one attached hydrogen (secondary N) is 1. The molecule has 1 aliphatic heterocycles. The quantitative estimate of drug-likeness (QED) is 0.660. The van der Waals surface area contributed by atoms with E-state index in [4.69, 9.17) is 4.74 Å². The van der Waals surface area contributed by atoms with Crippen LogP contribution >= 0.6 is 0 Å². The van der Waals surface area contributed by atoms with Crippen LogP contribution in [0, 0.1) is 6.92 Å². The van der Waals surface area contributed by atoms with E-state index in [1.165, 1.54) is 0 Å². The van der Waals surface area contributed by atoms with Crippen molar-refractivity contribution in [3.8, 4) is 5.75 Å². The Hall–Kier alpha value is -3.80. The van der Waals surface area contributed by atoms with Gasteiger partial charge in [0.05, 0.1) is 7.11 Å². The number of amides is 2. The lowest BCUT2D eigenvalue weighted by molar-refractivity contribution is 0.0746. The minimum Gasteiger partial charge on any atom is -0.497 e. The van der Waals surface area contributed by atoms with Crippen molar-refractivity contribution in [1.29, 1.82) is 0 Å². The number of aryl methyl sites for hydroxylation is 1. The van der Waals surface area contributed by atoms with Gasteiger partial charge in [0, 0.05) is 48.7 Å². The van der Waals surface area contributed by atoms with Crippen LogP contribution in [0.3, 0.4) is 0 Å². The molecule has 0 atom stereocenters. The van der Waals surface area contributed by atoms with Gasteiger partial charge in [-0.15, -0.1) is 0 Å². The summed E-state index contributed by atoms with van der Waals surface area (Å²) >= 11 is 0. The molecule has 1 aliphatic rings. The number of nitrogens with zero attached hydrogens (tertiary/aromatic N) is 2. The number of piperazine rings is 1. The number of hydrogen-bond donors (Lipinski definition) is 1. The fourth-order valence-electron chi connectivity index (χ4n) is 3.75. The Bertz CT molecular complexity index is 1070. The summed E-state index contributed by atoms with van der Waals surface area (Å²) in [4.78, 5) is 29.3. The molecule has 0 spiro atoms. The standard InChI is InChI=1S/C26H27N3O3/c1-19-3-5-20(6-4-19)25(30)27-22-9-11-23(12-10-22)28-15-17-29(18-16-28)26(31)21-7-13-24(32-2)14-8-21/h3-14H,15-18H2,1-2H3,(H,27,30). The summed E-state index contributed by atoms with van der Waals surface area (Å²) in [5.41, 5.74) is 4.27. The van der Waals surface area contributed by atoms with Gasteiger partial charge in [0.15, 0.2) is 0 Å². The zero-order valence-electron chi connectivity index (χ0n) is 18.4. The molecule has 164 valence electrons. The van der Waals surface area contributed by atoms with Gasteiger partial charge in [-0.1, -0.05) is 17.7 Å². The maximum absolute atomic E-state index is 12.8. The van der Waals surface area contributed by atoms with Crippen LogP contribution < -0.4 is 15.0 Å². The lowest BCUT2D eigenvalue weighted by Gasteiger charge is -2.36. The summed E-state index contributed by atoms with van der Waals surface area (Å²) in [5, 5.41) is 2.94. The molecule has 6 heteroatoms. The highest BCUT2D eigenvalue weighted by atomic mass is 16.5. The number of hydrogen-bond acceptors (Lipinski definition) is 4. The molecule has 3 aromatic carbocycles. The van der Waals surface area contributed by atoms with E-state index in [1.807, 2.05) is 72.5 Å². The Kier molecular flexibility index (Phi) is 6.40. The van der Waals surface area contributed by atoms with Gasteiger partial charge in [-0.05, 0) is 67.6 Å². The Morgan fingerprint density at radius 3 is 1.97 bits per heavy atom. The molecule has 0 saturated carbocycles. The van der Waals surface area contributed by atoms with Crippen molar-refractivity contribution in [2.45, 2.75) is 6.92 Å².